The van der Waals surface area contributed by atoms with Gasteiger partial charge in [-0.15, -0.1) is 0 Å². The lowest BCUT2D eigenvalue weighted by Gasteiger charge is -2.19. The lowest BCUT2D eigenvalue weighted by Crippen LogP contribution is -2.43. The van der Waals surface area contributed by atoms with Crippen molar-refractivity contribution in [3.8, 4) is 0 Å². The molecule has 5 aromatic rings. The van der Waals surface area contributed by atoms with Gasteiger partial charge in [-0.25, -0.2) is 0 Å². The van der Waals surface area contributed by atoms with Crippen molar-refractivity contribution in [1.82, 2.24) is 0 Å². The van der Waals surface area contributed by atoms with Gasteiger partial charge >= 0.3 is 0 Å². The molecule has 0 aliphatic heterocycles. The molecule has 2 nitrogen and oxygen atoms in total. The predicted molar refractivity (Wildman–Crippen MR) is 135 cm³/mol. The van der Waals surface area contributed by atoms with E-state index in [1.165, 1.54) is 10.9 Å². The van der Waals surface area contributed by atoms with Crippen molar-refractivity contribution in [2.24, 2.45) is 0 Å². The van der Waals surface area contributed by atoms with Crippen molar-refractivity contribution in [1.29, 1.82) is 0 Å². The van der Waals surface area contributed by atoms with Gasteiger partial charge in [0, 0.05) is 23.6 Å². The van der Waals surface area contributed by atoms with Crippen LogP contribution in [0.25, 0.3) is 22.5 Å². The molecule has 32 heavy (non-hydrogen) atoms. The van der Waals surface area contributed by atoms with Crippen molar-refractivity contribution in [3.05, 3.63) is 144 Å². The first-order valence-electron chi connectivity index (χ1n) is 10.8. The zero-order valence-corrected chi connectivity index (χ0v) is 17.6. The molecule has 0 atom stereocenters. The Morgan fingerprint density at radius 3 is 1.75 bits per heavy atom. The van der Waals surface area contributed by atoms with E-state index in [0.29, 0.717) is 11.2 Å². The van der Waals surface area contributed by atoms with Crippen molar-refractivity contribution >= 4 is 40.1 Å². The van der Waals surface area contributed by atoms with Gasteiger partial charge in [0.25, 0.3) is 0 Å². The summed E-state index contributed by atoms with van der Waals surface area (Å²) >= 11 is 0. The Bertz CT molecular complexity index is 1330. The molecule has 0 saturated heterocycles. The second-order valence-electron chi connectivity index (χ2n) is 7.83. The summed E-state index contributed by atoms with van der Waals surface area (Å²) in [5.41, 5.74) is 5.85. The van der Waals surface area contributed by atoms with Crippen molar-refractivity contribution in [3.63, 3.8) is 0 Å². The Morgan fingerprint density at radius 1 is 0.594 bits per heavy atom. The highest BCUT2D eigenvalue weighted by Gasteiger charge is 2.26. The first-order chi connectivity index (χ1) is 15.8. The van der Waals surface area contributed by atoms with Gasteiger partial charge in [-0.2, -0.15) is 4.73 Å². The van der Waals surface area contributed by atoms with Crippen LogP contribution in [-0.4, -0.2) is 6.71 Å². The van der Waals surface area contributed by atoms with Gasteiger partial charge in [-0.05, 0) is 17.7 Å². The summed E-state index contributed by atoms with van der Waals surface area (Å²) in [7, 11) is 0. The average molecular weight is 411 g/mol. The summed E-state index contributed by atoms with van der Waals surface area (Å²) < 4.78 is 1.03. The number of rotatable bonds is 5. The van der Waals surface area contributed by atoms with E-state index in [0.717, 1.165) is 21.2 Å². The summed E-state index contributed by atoms with van der Waals surface area (Å²) in [5, 5.41) is 14.2. The van der Waals surface area contributed by atoms with E-state index in [-0.39, 0.29) is 6.71 Å². The van der Waals surface area contributed by atoms with Crippen LogP contribution in [0.4, 0.5) is 0 Å². The number of nitrogens with zero attached hydrogens (tertiary/aromatic N) is 1. The molecule has 0 saturated carbocycles. The SMILES string of the molecule is [O-][n+]1c(/C=C(\B(c2ccccc2)c2ccccc2)c2ccccc2)ccc2ccccc21. The fourth-order valence-electron chi connectivity index (χ4n) is 4.27. The Balaban J connectivity index is 1.76. The molecule has 0 fully saturated rings. The standard InChI is InChI=1S/C29H22BNO/c32-31-27(21-20-24-14-10-11-19-29(24)31)22-28(23-12-4-1-5-13-23)30(25-15-6-2-7-16-25)26-17-8-3-9-18-26/h1-22H/b28-22-. The van der Waals surface area contributed by atoms with E-state index in [1.807, 2.05) is 72.8 Å². The second kappa shape index (κ2) is 8.95. The number of pyridine rings is 1. The molecule has 0 radical (unpaired) electrons. The maximum atomic E-state index is 13.3. The fraction of sp³-hybridized carbons (Fsp3) is 0. The molecule has 152 valence electrons. The molecular weight excluding hydrogens is 389 g/mol. The molecule has 0 bridgehead atoms. The molecule has 3 heteroatoms. The number of hydrogen-bond acceptors (Lipinski definition) is 1. The van der Waals surface area contributed by atoms with E-state index >= 15 is 0 Å². The van der Waals surface area contributed by atoms with Crippen LogP contribution in [-0.2, 0) is 0 Å². The highest BCUT2D eigenvalue weighted by atomic mass is 16.5. The minimum Gasteiger partial charge on any atom is -0.618 e. The molecule has 5 rings (SSSR count). The highest BCUT2D eigenvalue weighted by Crippen LogP contribution is 2.22. The van der Waals surface area contributed by atoms with Crippen molar-refractivity contribution in [2.45, 2.75) is 0 Å². The Hall–Kier alpha value is -4.11. The number of benzene rings is 4. The van der Waals surface area contributed by atoms with E-state index < -0.39 is 0 Å². The summed E-state index contributed by atoms with van der Waals surface area (Å²) in [6, 6.07) is 42.9. The first kappa shape index (κ1) is 19.8. The third-order valence-corrected chi connectivity index (χ3v) is 5.81. The number of fused-ring (bicyclic) bond motifs is 1. The summed E-state index contributed by atoms with van der Waals surface area (Å²) in [4.78, 5) is 0. The van der Waals surface area contributed by atoms with E-state index in [1.54, 1.807) is 0 Å². The van der Waals surface area contributed by atoms with Gasteiger partial charge in [0.15, 0.2) is 0 Å². The van der Waals surface area contributed by atoms with Crippen molar-refractivity contribution in [2.75, 3.05) is 0 Å². The zero-order chi connectivity index (χ0) is 21.8. The van der Waals surface area contributed by atoms with Crippen LogP contribution in [0, 0.1) is 5.21 Å². The first-order valence-corrected chi connectivity index (χ1v) is 10.8. The summed E-state index contributed by atoms with van der Waals surface area (Å²) in [6.45, 7) is -0.00808. The van der Waals surface area contributed by atoms with Gasteiger partial charge in [-0.1, -0.05) is 120 Å². The Labute approximate surface area is 188 Å². The molecule has 4 aromatic carbocycles. The smallest absolute Gasteiger partial charge is 0.242 e. The van der Waals surface area contributed by atoms with Gasteiger partial charge in [-0.3, -0.25) is 0 Å². The molecule has 0 unspecified atom stereocenters. The lowest BCUT2D eigenvalue weighted by molar-refractivity contribution is -0.579. The quantitative estimate of drug-likeness (QED) is 0.231. The van der Waals surface area contributed by atoms with Crippen LogP contribution < -0.4 is 15.7 Å². The lowest BCUT2D eigenvalue weighted by atomic mass is 9.35. The molecule has 0 aliphatic rings. The van der Waals surface area contributed by atoms with Crippen LogP contribution in [0.1, 0.15) is 11.3 Å². The molecular formula is C29H22BNO. The van der Waals surface area contributed by atoms with Gasteiger partial charge in [0.2, 0.25) is 17.9 Å². The Morgan fingerprint density at radius 2 is 1.12 bits per heavy atom. The largest absolute Gasteiger partial charge is 0.618 e. The summed E-state index contributed by atoms with van der Waals surface area (Å²) in [5.74, 6) is 0. The highest BCUT2D eigenvalue weighted by molar-refractivity contribution is 7.00. The molecule has 0 N–H and O–H groups in total. The maximum Gasteiger partial charge on any atom is 0.242 e. The summed E-state index contributed by atoms with van der Waals surface area (Å²) in [6.07, 6.45) is 2.04. The molecule has 0 amide bonds. The fourth-order valence-corrected chi connectivity index (χ4v) is 4.27. The van der Waals surface area contributed by atoms with E-state index in [4.69, 9.17) is 0 Å². The van der Waals surface area contributed by atoms with Gasteiger partial charge < -0.3 is 5.21 Å². The van der Waals surface area contributed by atoms with Crippen LogP contribution in [0.3, 0.4) is 0 Å². The normalized spacial score (nSPS) is 11.4. The van der Waals surface area contributed by atoms with Crippen LogP contribution >= 0.6 is 0 Å². The predicted octanol–water partition coefficient (Wildman–Crippen LogP) is 4.86. The second-order valence-corrected chi connectivity index (χ2v) is 7.83. The maximum absolute atomic E-state index is 13.3. The molecule has 1 aromatic heterocycles. The average Bonchev–Trinajstić information content (AvgIpc) is 2.87. The number of para-hydroxylation sites is 1. The monoisotopic (exact) mass is 411 g/mol. The van der Waals surface area contributed by atoms with Crippen molar-refractivity contribution < 1.29 is 4.73 Å². The Kier molecular flexibility index (Phi) is 5.55. The minimum atomic E-state index is -0.00808. The minimum absolute atomic E-state index is 0.00808. The third kappa shape index (κ3) is 3.93. The van der Waals surface area contributed by atoms with Gasteiger partial charge in [0.05, 0.1) is 0 Å². The molecule has 0 aliphatic carbocycles. The van der Waals surface area contributed by atoms with Crippen LogP contribution in [0.15, 0.2) is 127 Å². The third-order valence-electron chi connectivity index (χ3n) is 5.81. The van der Waals surface area contributed by atoms with Crippen LogP contribution in [0.5, 0.6) is 0 Å². The molecule has 0 spiro atoms. The number of hydrogen-bond donors (Lipinski definition) is 0. The van der Waals surface area contributed by atoms with Crippen LogP contribution in [0.2, 0.25) is 0 Å². The molecule has 1 heterocycles. The topological polar surface area (TPSA) is 26.9 Å². The van der Waals surface area contributed by atoms with E-state index in [9.17, 15) is 5.21 Å². The van der Waals surface area contributed by atoms with Gasteiger partial charge in [0.1, 0.15) is 0 Å². The number of aromatic nitrogens is 1. The van der Waals surface area contributed by atoms with E-state index in [2.05, 4.69) is 60.7 Å². The zero-order valence-electron chi connectivity index (χ0n) is 17.6.